The van der Waals surface area contributed by atoms with Gasteiger partial charge in [0.15, 0.2) is 0 Å². The van der Waals surface area contributed by atoms with Crippen LogP contribution < -0.4 is 11.2 Å². The maximum atomic E-state index is 11.0. The first-order valence-corrected chi connectivity index (χ1v) is 3.72. The molecule has 0 amide bonds. The van der Waals surface area contributed by atoms with Crippen molar-refractivity contribution in [3.05, 3.63) is 33.1 Å². The summed E-state index contributed by atoms with van der Waals surface area (Å²) in [5.74, 6) is 0. The first kappa shape index (κ1) is 9.69. The van der Waals surface area contributed by atoms with Crippen LogP contribution in [0.2, 0.25) is 0 Å². The fourth-order valence-corrected chi connectivity index (χ4v) is 0.873. The van der Waals surface area contributed by atoms with Crippen LogP contribution in [-0.2, 0) is 6.54 Å². The van der Waals surface area contributed by atoms with Gasteiger partial charge < -0.3 is 10.2 Å². The van der Waals surface area contributed by atoms with Gasteiger partial charge in [-0.2, -0.15) is 0 Å². The highest BCUT2D eigenvalue weighted by atomic mass is 16.3. The smallest absolute Gasteiger partial charge is 0.328 e. The average molecular weight is 186 g/mol. The van der Waals surface area contributed by atoms with Crippen molar-refractivity contribution >= 4 is 0 Å². The number of H-pyrrole nitrogens is 1. The molecule has 13 heavy (non-hydrogen) atoms. The molecule has 1 heterocycles. The number of nitrogens with zero attached hydrogens (tertiary/aromatic N) is 1. The van der Waals surface area contributed by atoms with E-state index in [1.165, 1.54) is 12.3 Å². The largest absolute Gasteiger partial charge is 0.394 e. The molecule has 0 aromatic carbocycles. The SMILES string of the molecule is O=c1ccn(C[C@@H](O)CO)c(=O)[nH]1. The van der Waals surface area contributed by atoms with E-state index in [2.05, 4.69) is 0 Å². The Hall–Kier alpha value is -1.40. The lowest BCUT2D eigenvalue weighted by Crippen LogP contribution is -2.33. The summed E-state index contributed by atoms with van der Waals surface area (Å²) in [6, 6.07) is 1.17. The molecule has 0 bridgehead atoms. The second-order valence-corrected chi connectivity index (χ2v) is 2.60. The van der Waals surface area contributed by atoms with Crippen molar-refractivity contribution in [2.45, 2.75) is 12.6 Å². The molecule has 6 nitrogen and oxygen atoms in total. The van der Waals surface area contributed by atoms with Crippen molar-refractivity contribution in [1.82, 2.24) is 9.55 Å². The van der Waals surface area contributed by atoms with E-state index in [1.54, 1.807) is 0 Å². The van der Waals surface area contributed by atoms with Crippen LogP contribution in [0, 0.1) is 0 Å². The molecule has 72 valence electrons. The molecular weight excluding hydrogens is 176 g/mol. The molecule has 0 aliphatic rings. The van der Waals surface area contributed by atoms with Gasteiger partial charge in [0.1, 0.15) is 0 Å². The number of aliphatic hydroxyl groups is 2. The average Bonchev–Trinajstić information content (AvgIpc) is 2.09. The maximum absolute atomic E-state index is 11.0. The Morgan fingerprint density at radius 1 is 1.54 bits per heavy atom. The number of nitrogens with one attached hydrogen (secondary N) is 1. The molecule has 3 N–H and O–H groups in total. The molecule has 0 radical (unpaired) electrons. The lowest BCUT2D eigenvalue weighted by atomic mass is 10.4. The van der Waals surface area contributed by atoms with Gasteiger partial charge in [-0.25, -0.2) is 4.79 Å². The highest BCUT2D eigenvalue weighted by Crippen LogP contribution is 1.84. The van der Waals surface area contributed by atoms with Crippen LogP contribution in [0.5, 0.6) is 0 Å². The van der Waals surface area contributed by atoms with Gasteiger partial charge in [-0.3, -0.25) is 14.3 Å². The van der Waals surface area contributed by atoms with E-state index in [0.29, 0.717) is 0 Å². The van der Waals surface area contributed by atoms with Gasteiger partial charge in [0.2, 0.25) is 0 Å². The molecule has 0 aliphatic carbocycles. The number of aromatic amines is 1. The van der Waals surface area contributed by atoms with E-state index in [9.17, 15) is 9.59 Å². The first-order valence-electron chi connectivity index (χ1n) is 3.72. The quantitative estimate of drug-likeness (QED) is 0.503. The zero-order valence-electron chi connectivity index (χ0n) is 6.80. The molecule has 0 fully saturated rings. The number of aromatic nitrogens is 2. The van der Waals surface area contributed by atoms with Crippen molar-refractivity contribution in [3.8, 4) is 0 Å². The standard InChI is InChI=1S/C7H10N2O4/c10-4-5(11)3-9-2-1-6(12)8-7(9)13/h1-2,5,10-11H,3-4H2,(H,8,12,13)/t5-/m1/s1. The topological polar surface area (TPSA) is 95.3 Å². The normalized spacial score (nSPS) is 12.8. The molecule has 0 aliphatic heterocycles. The fraction of sp³-hybridized carbons (Fsp3) is 0.429. The van der Waals surface area contributed by atoms with Gasteiger partial charge in [0.05, 0.1) is 19.3 Å². The van der Waals surface area contributed by atoms with E-state index in [4.69, 9.17) is 10.2 Å². The molecule has 1 rings (SSSR count). The van der Waals surface area contributed by atoms with Gasteiger partial charge in [-0.1, -0.05) is 0 Å². The Morgan fingerprint density at radius 2 is 2.23 bits per heavy atom. The van der Waals surface area contributed by atoms with Crippen LogP contribution in [0.25, 0.3) is 0 Å². The molecule has 0 saturated carbocycles. The van der Waals surface area contributed by atoms with Crippen LogP contribution >= 0.6 is 0 Å². The molecular formula is C7H10N2O4. The number of hydrogen-bond acceptors (Lipinski definition) is 4. The van der Waals surface area contributed by atoms with E-state index >= 15 is 0 Å². The van der Waals surface area contributed by atoms with Crippen molar-refractivity contribution in [1.29, 1.82) is 0 Å². The van der Waals surface area contributed by atoms with Crippen LogP contribution in [0.3, 0.4) is 0 Å². The second-order valence-electron chi connectivity index (χ2n) is 2.60. The Bertz CT molecular complexity index is 381. The third kappa shape index (κ3) is 2.53. The van der Waals surface area contributed by atoms with Gasteiger partial charge in [0.25, 0.3) is 5.56 Å². The number of rotatable bonds is 3. The summed E-state index contributed by atoms with van der Waals surface area (Å²) >= 11 is 0. The minimum Gasteiger partial charge on any atom is -0.394 e. The fourth-order valence-electron chi connectivity index (χ4n) is 0.873. The van der Waals surface area contributed by atoms with Crippen molar-refractivity contribution < 1.29 is 10.2 Å². The van der Waals surface area contributed by atoms with Crippen molar-refractivity contribution in [2.75, 3.05) is 6.61 Å². The Morgan fingerprint density at radius 3 is 2.77 bits per heavy atom. The van der Waals surface area contributed by atoms with Crippen LogP contribution in [0.15, 0.2) is 21.9 Å². The Balaban J connectivity index is 2.90. The van der Waals surface area contributed by atoms with Gasteiger partial charge in [-0.05, 0) is 0 Å². The van der Waals surface area contributed by atoms with Gasteiger partial charge in [-0.15, -0.1) is 0 Å². The Labute approximate surface area is 73.1 Å². The molecule has 0 unspecified atom stereocenters. The molecule has 1 atom stereocenters. The molecule has 1 aromatic rings. The van der Waals surface area contributed by atoms with Gasteiger partial charge in [0, 0.05) is 12.3 Å². The summed E-state index contributed by atoms with van der Waals surface area (Å²) < 4.78 is 1.11. The summed E-state index contributed by atoms with van der Waals surface area (Å²) in [5.41, 5.74) is -1.08. The summed E-state index contributed by atoms with van der Waals surface area (Å²) in [4.78, 5) is 23.7. The van der Waals surface area contributed by atoms with E-state index in [0.717, 1.165) is 4.57 Å². The molecule has 0 saturated heterocycles. The Kier molecular flexibility index (Phi) is 2.99. The minimum absolute atomic E-state index is 0.0356. The predicted octanol–water partition coefficient (Wildman–Crippen LogP) is -2.11. The highest BCUT2D eigenvalue weighted by Gasteiger charge is 2.04. The summed E-state index contributed by atoms with van der Waals surface area (Å²) in [5, 5.41) is 17.5. The number of hydrogen-bond donors (Lipinski definition) is 3. The lowest BCUT2D eigenvalue weighted by Gasteiger charge is -2.08. The lowest BCUT2D eigenvalue weighted by molar-refractivity contribution is 0.0800. The third-order valence-electron chi connectivity index (χ3n) is 1.52. The van der Waals surface area contributed by atoms with E-state index in [-0.39, 0.29) is 6.54 Å². The summed E-state index contributed by atoms with van der Waals surface area (Å²) in [6.45, 7) is -0.461. The van der Waals surface area contributed by atoms with Gasteiger partial charge >= 0.3 is 5.69 Å². The second kappa shape index (κ2) is 4.01. The minimum atomic E-state index is -0.997. The highest BCUT2D eigenvalue weighted by molar-refractivity contribution is 4.82. The van der Waals surface area contributed by atoms with Crippen LogP contribution in [0.1, 0.15) is 0 Å². The predicted molar refractivity (Wildman–Crippen MR) is 44.4 cm³/mol. The zero-order valence-corrected chi connectivity index (χ0v) is 6.80. The van der Waals surface area contributed by atoms with Crippen molar-refractivity contribution in [2.24, 2.45) is 0 Å². The zero-order chi connectivity index (χ0) is 9.84. The van der Waals surface area contributed by atoms with Crippen LogP contribution in [0.4, 0.5) is 0 Å². The van der Waals surface area contributed by atoms with Crippen LogP contribution in [-0.4, -0.2) is 32.5 Å². The summed E-state index contributed by atoms with van der Waals surface area (Å²) in [6.07, 6.45) is 0.267. The molecule has 0 spiro atoms. The van der Waals surface area contributed by atoms with E-state index < -0.39 is 24.0 Å². The molecule has 1 aromatic heterocycles. The maximum Gasteiger partial charge on any atom is 0.328 e. The third-order valence-corrected chi connectivity index (χ3v) is 1.52. The van der Waals surface area contributed by atoms with Crippen molar-refractivity contribution in [3.63, 3.8) is 0 Å². The summed E-state index contributed by atoms with van der Waals surface area (Å²) in [7, 11) is 0. The number of aliphatic hydroxyl groups excluding tert-OH is 2. The monoisotopic (exact) mass is 186 g/mol. The first-order chi connectivity index (χ1) is 6.13. The molecule has 6 heteroatoms. The van der Waals surface area contributed by atoms with E-state index in [1.807, 2.05) is 4.98 Å².